The zero-order chi connectivity index (χ0) is 44.6. The van der Waals surface area contributed by atoms with Gasteiger partial charge in [-0.15, -0.1) is 0 Å². The van der Waals surface area contributed by atoms with Gasteiger partial charge in [0.2, 0.25) is 5.91 Å². The number of nitrogens with one attached hydrogen (secondary N) is 1. The van der Waals surface area contributed by atoms with Crippen molar-refractivity contribution in [3.63, 3.8) is 0 Å². The lowest BCUT2D eigenvalue weighted by atomic mass is 9.99. The van der Waals surface area contributed by atoms with Gasteiger partial charge in [-0.25, -0.2) is 0 Å². The number of aliphatic hydroxyl groups excluding tert-OH is 6. The maximum absolute atomic E-state index is 13.0. The largest absolute Gasteiger partial charge is 0.394 e. The molecule has 7 N–H and O–H groups in total. The summed E-state index contributed by atoms with van der Waals surface area (Å²) in [5, 5.41) is 65.1. The highest BCUT2D eigenvalue weighted by Gasteiger charge is 2.44. The van der Waals surface area contributed by atoms with E-state index in [9.17, 15) is 35.4 Å². The minimum absolute atomic E-state index is 0.271. The number of hydrogen-bond acceptors (Lipinski definition) is 9. The fourth-order valence-corrected chi connectivity index (χ4v) is 8.49. The van der Waals surface area contributed by atoms with E-state index in [0.717, 1.165) is 38.5 Å². The number of aliphatic hydroxyl groups is 6. The number of carbonyl (C=O) groups excluding carboxylic acids is 1. The molecule has 0 aromatic carbocycles. The van der Waals surface area contributed by atoms with Gasteiger partial charge in [0.25, 0.3) is 0 Å². The molecule has 1 amide bonds. The summed E-state index contributed by atoms with van der Waals surface area (Å²) < 4.78 is 11.1. The molecule has 8 atom stereocenters. The molecule has 61 heavy (non-hydrogen) atoms. The van der Waals surface area contributed by atoms with Gasteiger partial charge in [0.1, 0.15) is 36.6 Å². The Bertz CT molecular complexity index is 984. The first-order valence-electron chi connectivity index (χ1n) is 26.0. The molecule has 1 heterocycles. The molecule has 10 nitrogen and oxygen atoms in total. The fourth-order valence-electron chi connectivity index (χ4n) is 8.49. The maximum Gasteiger partial charge on any atom is 0.220 e. The lowest BCUT2D eigenvalue weighted by Crippen LogP contribution is -2.60. The van der Waals surface area contributed by atoms with Gasteiger partial charge in [-0.3, -0.25) is 4.79 Å². The molecule has 0 aliphatic carbocycles. The Morgan fingerprint density at radius 3 is 1.33 bits per heavy atom. The molecule has 0 aromatic heterocycles. The van der Waals surface area contributed by atoms with E-state index in [1.807, 2.05) is 6.08 Å². The van der Waals surface area contributed by atoms with Gasteiger partial charge < -0.3 is 45.4 Å². The van der Waals surface area contributed by atoms with Gasteiger partial charge in [-0.05, 0) is 19.3 Å². The smallest absolute Gasteiger partial charge is 0.220 e. The monoisotopic (exact) mass is 870 g/mol. The second kappa shape index (κ2) is 41.6. The van der Waals surface area contributed by atoms with Crippen LogP contribution in [0.5, 0.6) is 0 Å². The van der Waals surface area contributed by atoms with Crippen molar-refractivity contribution in [2.75, 3.05) is 13.2 Å². The Morgan fingerprint density at radius 2 is 0.934 bits per heavy atom. The average molecular weight is 870 g/mol. The molecular formula is C51H99NO9. The second-order valence-corrected chi connectivity index (χ2v) is 18.5. The quantitative estimate of drug-likeness (QED) is 0.0233. The van der Waals surface area contributed by atoms with E-state index in [-0.39, 0.29) is 18.9 Å². The van der Waals surface area contributed by atoms with Crippen LogP contribution in [0.3, 0.4) is 0 Å². The van der Waals surface area contributed by atoms with Gasteiger partial charge in [0.05, 0.1) is 19.3 Å². The summed E-state index contributed by atoms with van der Waals surface area (Å²) in [5.74, 6) is -0.276. The first-order valence-corrected chi connectivity index (χ1v) is 26.0. The highest BCUT2D eigenvalue weighted by atomic mass is 16.7. The lowest BCUT2D eigenvalue weighted by Gasteiger charge is -2.40. The van der Waals surface area contributed by atoms with Gasteiger partial charge in [-0.2, -0.15) is 0 Å². The first kappa shape index (κ1) is 57.9. The molecule has 1 aliphatic heterocycles. The summed E-state index contributed by atoms with van der Waals surface area (Å²) in [7, 11) is 0. The number of unbranched alkanes of at least 4 members (excludes halogenated alkanes) is 33. The van der Waals surface area contributed by atoms with Crippen LogP contribution in [0.15, 0.2) is 12.2 Å². The number of ether oxygens (including phenoxy) is 2. The number of carbonyl (C=O) groups is 1. The van der Waals surface area contributed by atoms with Gasteiger partial charge in [0.15, 0.2) is 6.29 Å². The summed E-state index contributed by atoms with van der Waals surface area (Å²) in [5.41, 5.74) is 0. The molecule has 0 bridgehead atoms. The third kappa shape index (κ3) is 31.4. The van der Waals surface area contributed by atoms with Crippen molar-refractivity contribution >= 4 is 5.91 Å². The van der Waals surface area contributed by atoms with Crippen molar-refractivity contribution < 1.29 is 44.9 Å². The lowest BCUT2D eigenvalue weighted by molar-refractivity contribution is -0.303. The Morgan fingerprint density at radius 1 is 0.557 bits per heavy atom. The third-order valence-electron chi connectivity index (χ3n) is 12.7. The van der Waals surface area contributed by atoms with Crippen LogP contribution in [0.2, 0.25) is 0 Å². The summed E-state index contributed by atoms with van der Waals surface area (Å²) in [6.45, 7) is 3.59. The molecule has 0 saturated carbocycles. The van der Waals surface area contributed by atoms with E-state index in [0.29, 0.717) is 6.42 Å². The number of rotatable bonds is 44. The highest BCUT2D eigenvalue weighted by Crippen LogP contribution is 2.23. The first-order chi connectivity index (χ1) is 29.8. The van der Waals surface area contributed by atoms with E-state index in [1.54, 1.807) is 6.08 Å². The summed E-state index contributed by atoms with van der Waals surface area (Å²) in [4.78, 5) is 13.0. The van der Waals surface area contributed by atoms with E-state index >= 15 is 0 Å². The molecule has 0 unspecified atom stereocenters. The Kier molecular flexibility index (Phi) is 39.5. The standard InChI is InChI=1S/C51H99NO9/c1-3-5-7-9-11-13-15-17-18-19-20-21-22-23-24-25-26-28-30-32-34-36-38-40-46(55)52-43(42-60-51-50(59)49(58)48(57)45(41-53)61-51)47(56)44(54)39-37-35-33-31-29-27-16-14-12-10-8-6-4-2/h37,39,43-45,47-51,53-54,56-59H,3-36,38,40-42H2,1-2H3,(H,52,55)/b39-37+/t43-,44+,45+,47-,48-,49-,50+,51-/m0/s1. The molecule has 10 heteroatoms. The van der Waals surface area contributed by atoms with Crippen LogP contribution >= 0.6 is 0 Å². The van der Waals surface area contributed by atoms with Crippen molar-refractivity contribution in [3.8, 4) is 0 Å². The second-order valence-electron chi connectivity index (χ2n) is 18.5. The zero-order valence-electron chi connectivity index (χ0n) is 39.6. The summed E-state index contributed by atoms with van der Waals surface area (Å²) in [6.07, 6.45) is 38.3. The van der Waals surface area contributed by atoms with Crippen LogP contribution in [0, 0.1) is 0 Å². The predicted molar refractivity (Wildman–Crippen MR) is 250 cm³/mol. The van der Waals surface area contributed by atoms with Crippen LogP contribution in [0.1, 0.15) is 245 Å². The summed E-state index contributed by atoms with van der Waals surface area (Å²) >= 11 is 0. The minimum Gasteiger partial charge on any atom is -0.394 e. The molecule has 0 radical (unpaired) electrons. The van der Waals surface area contributed by atoms with Gasteiger partial charge >= 0.3 is 0 Å². The topological polar surface area (TPSA) is 169 Å². The van der Waals surface area contributed by atoms with Crippen molar-refractivity contribution in [1.82, 2.24) is 5.32 Å². The van der Waals surface area contributed by atoms with Gasteiger partial charge in [0, 0.05) is 6.42 Å². The molecule has 1 aliphatic rings. The predicted octanol–water partition coefficient (Wildman–Crippen LogP) is 10.6. The van der Waals surface area contributed by atoms with E-state index in [2.05, 4.69) is 19.2 Å². The maximum atomic E-state index is 13.0. The number of allylic oxidation sites excluding steroid dienone is 1. The van der Waals surface area contributed by atoms with Gasteiger partial charge in [-0.1, -0.05) is 231 Å². The van der Waals surface area contributed by atoms with E-state index in [1.165, 1.54) is 180 Å². The average Bonchev–Trinajstić information content (AvgIpc) is 3.26. The van der Waals surface area contributed by atoms with Crippen molar-refractivity contribution in [2.45, 2.75) is 294 Å². The fraction of sp³-hybridized carbons (Fsp3) is 0.941. The SMILES string of the molecule is CCCCCCCCCCCCC/C=C/[C@@H](O)[C@@H](O)[C@H](CO[C@H]1O[C@H](CO)[C@H](O)[C@H](O)[C@H]1O)NC(=O)CCCCCCCCCCCCCCCCCCCCCCCCC. The minimum atomic E-state index is -1.61. The van der Waals surface area contributed by atoms with Crippen LogP contribution in [0.25, 0.3) is 0 Å². The summed E-state index contributed by atoms with van der Waals surface area (Å²) in [6, 6.07) is -1.04. The Balaban J connectivity index is 2.29. The van der Waals surface area contributed by atoms with Crippen LogP contribution in [-0.2, 0) is 14.3 Å². The normalized spacial score (nSPS) is 21.0. The number of hydrogen-bond donors (Lipinski definition) is 7. The Labute approximate surface area is 374 Å². The molecule has 1 fully saturated rings. The molecule has 0 aromatic rings. The van der Waals surface area contributed by atoms with Crippen LogP contribution in [-0.4, -0.2) is 98.7 Å². The van der Waals surface area contributed by atoms with Crippen molar-refractivity contribution in [3.05, 3.63) is 12.2 Å². The molecule has 1 rings (SSSR count). The highest BCUT2D eigenvalue weighted by molar-refractivity contribution is 5.76. The molecular weight excluding hydrogens is 771 g/mol. The number of amides is 1. The molecule has 0 spiro atoms. The van der Waals surface area contributed by atoms with Crippen molar-refractivity contribution in [2.24, 2.45) is 0 Å². The molecule has 1 saturated heterocycles. The Hall–Kier alpha value is -1.11. The van der Waals surface area contributed by atoms with E-state index in [4.69, 9.17) is 9.47 Å². The van der Waals surface area contributed by atoms with Crippen molar-refractivity contribution in [1.29, 1.82) is 0 Å². The van der Waals surface area contributed by atoms with Crippen LogP contribution in [0.4, 0.5) is 0 Å². The van der Waals surface area contributed by atoms with Crippen LogP contribution < -0.4 is 5.32 Å². The third-order valence-corrected chi connectivity index (χ3v) is 12.7. The molecule has 362 valence electrons. The zero-order valence-corrected chi connectivity index (χ0v) is 39.6. The van der Waals surface area contributed by atoms with E-state index < -0.39 is 55.6 Å².